The van der Waals surface area contributed by atoms with Crippen molar-refractivity contribution in [2.45, 2.75) is 19.9 Å². The lowest BCUT2D eigenvalue weighted by atomic mass is 10.1. The van der Waals surface area contributed by atoms with Crippen molar-refractivity contribution in [1.82, 2.24) is 0 Å². The van der Waals surface area contributed by atoms with E-state index < -0.39 is 0 Å². The number of benzene rings is 1. The molecule has 3 nitrogen and oxygen atoms in total. The quantitative estimate of drug-likeness (QED) is 0.819. The standard InChI is InChI=1S/C12H20N2O/c1-9-5-6-12(15-4)11(7-9)14(3)10(2)8-13/h5-7,10H,8,13H2,1-4H3. The molecule has 0 saturated heterocycles. The molecule has 0 aromatic heterocycles. The molecule has 15 heavy (non-hydrogen) atoms. The molecule has 1 aromatic carbocycles. The summed E-state index contributed by atoms with van der Waals surface area (Å²) < 4.78 is 5.33. The molecule has 1 unspecified atom stereocenters. The lowest BCUT2D eigenvalue weighted by molar-refractivity contribution is 0.413. The van der Waals surface area contributed by atoms with Crippen LogP contribution in [0.1, 0.15) is 12.5 Å². The van der Waals surface area contributed by atoms with E-state index in [0.29, 0.717) is 12.6 Å². The predicted octanol–water partition coefficient (Wildman–Crippen LogP) is 1.79. The molecule has 0 aliphatic rings. The van der Waals surface area contributed by atoms with Gasteiger partial charge in [0.15, 0.2) is 0 Å². The normalized spacial score (nSPS) is 12.3. The van der Waals surface area contributed by atoms with E-state index in [1.165, 1.54) is 5.56 Å². The summed E-state index contributed by atoms with van der Waals surface area (Å²) in [4.78, 5) is 2.14. The number of likely N-dealkylation sites (N-methyl/N-ethyl adjacent to an activating group) is 1. The lowest BCUT2D eigenvalue weighted by Crippen LogP contribution is -2.35. The third kappa shape index (κ3) is 2.63. The molecule has 3 heteroatoms. The molecule has 0 spiro atoms. The van der Waals surface area contributed by atoms with E-state index in [2.05, 4.69) is 24.8 Å². The first-order valence-corrected chi connectivity index (χ1v) is 5.17. The van der Waals surface area contributed by atoms with Gasteiger partial charge in [-0.15, -0.1) is 0 Å². The highest BCUT2D eigenvalue weighted by Gasteiger charge is 2.12. The van der Waals surface area contributed by atoms with Crippen LogP contribution >= 0.6 is 0 Å². The summed E-state index contributed by atoms with van der Waals surface area (Å²) in [5.74, 6) is 0.892. The number of hydrogen-bond acceptors (Lipinski definition) is 3. The second-order valence-corrected chi connectivity index (χ2v) is 3.87. The second-order valence-electron chi connectivity index (χ2n) is 3.87. The van der Waals surface area contributed by atoms with E-state index in [1.54, 1.807) is 7.11 Å². The number of hydrogen-bond donors (Lipinski definition) is 1. The molecule has 0 aliphatic carbocycles. The number of nitrogens with zero attached hydrogens (tertiary/aromatic N) is 1. The molecule has 1 rings (SSSR count). The van der Waals surface area contributed by atoms with E-state index in [9.17, 15) is 0 Å². The summed E-state index contributed by atoms with van der Waals surface area (Å²) in [6.45, 7) is 4.80. The average molecular weight is 208 g/mol. The van der Waals surface area contributed by atoms with Gasteiger partial charge in [0.05, 0.1) is 12.8 Å². The van der Waals surface area contributed by atoms with Crippen molar-refractivity contribution in [3.8, 4) is 5.75 Å². The van der Waals surface area contributed by atoms with E-state index in [-0.39, 0.29) is 0 Å². The third-order valence-corrected chi connectivity index (χ3v) is 2.72. The van der Waals surface area contributed by atoms with Crippen molar-refractivity contribution >= 4 is 5.69 Å². The molecule has 0 bridgehead atoms. The largest absolute Gasteiger partial charge is 0.495 e. The summed E-state index contributed by atoms with van der Waals surface area (Å²) in [5.41, 5.74) is 7.97. The SMILES string of the molecule is COc1ccc(C)cc1N(C)C(C)CN. The van der Waals surface area contributed by atoms with Crippen LogP contribution in [-0.4, -0.2) is 26.7 Å². The molecule has 0 amide bonds. The Kier molecular flexibility index (Phi) is 3.97. The summed E-state index contributed by atoms with van der Waals surface area (Å²) >= 11 is 0. The fourth-order valence-corrected chi connectivity index (χ4v) is 1.47. The molecular formula is C12H20N2O. The zero-order chi connectivity index (χ0) is 11.4. The van der Waals surface area contributed by atoms with Gasteiger partial charge in [-0.3, -0.25) is 0 Å². The highest BCUT2D eigenvalue weighted by atomic mass is 16.5. The van der Waals surface area contributed by atoms with Crippen molar-refractivity contribution in [2.24, 2.45) is 5.73 Å². The van der Waals surface area contributed by atoms with Crippen molar-refractivity contribution in [2.75, 3.05) is 25.6 Å². The van der Waals surface area contributed by atoms with Gasteiger partial charge in [0.2, 0.25) is 0 Å². The average Bonchev–Trinajstić information content (AvgIpc) is 2.27. The van der Waals surface area contributed by atoms with Crippen molar-refractivity contribution < 1.29 is 4.74 Å². The topological polar surface area (TPSA) is 38.5 Å². The molecule has 1 atom stereocenters. The van der Waals surface area contributed by atoms with E-state index in [1.807, 2.05) is 19.2 Å². The Morgan fingerprint density at radius 2 is 2.13 bits per heavy atom. The summed E-state index contributed by atoms with van der Waals surface area (Å²) in [6.07, 6.45) is 0. The van der Waals surface area contributed by atoms with Crippen LogP contribution in [0, 0.1) is 6.92 Å². The summed E-state index contributed by atoms with van der Waals surface area (Å²) in [7, 11) is 3.73. The first-order chi connectivity index (χ1) is 7.10. The Hall–Kier alpha value is -1.22. The molecule has 0 fully saturated rings. The maximum Gasteiger partial charge on any atom is 0.142 e. The van der Waals surface area contributed by atoms with Crippen LogP contribution in [0.3, 0.4) is 0 Å². The highest BCUT2D eigenvalue weighted by Crippen LogP contribution is 2.29. The number of anilines is 1. The van der Waals surface area contributed by atoms with E-state index in [4.69, 9.17) is 10.5 Å². The van der Waals surface area contributed by atoms with Crippen LogP contribution in [-0.2, 0) is 0 Å². The van der Waals surface area contributed by atoms with Gasteiger partial charge in [-0.05, 0) is 31.5 Å². The molecule has 84 valence electrons. The smallest absolute Gasteiger partial charge is 0.142 e. The molecule has 0 aliphatic heterocycles. The summed E-state index contributed by atoms with van der Waals surface area (Å²) in [6, 6.07) is 6.46. The van der Waals surface area contributed by atoms with Gasteiger partial charge in [-0.2, -0.15) is 0 Å². The maximum absolute atomic E-state index is 5.66. The highest BCUT2D eigenvalue weighted by molar-refractivity contribution is 5.60. The number of ether oxygens (including phenoxy) is 1. The first-order valence-electron chi connectivity index (χ1n) is 5.17. The van der Waals surface area contributed by atoms with Crippen LogP contribution in [0.2, 0.25) is 0 Å². The van der Waals surface area contributed by atoms with Crippen molar-refractivity contribution in [1.29, 1.82) is 0 Å². The van der Waals surface area contributed by atoms with Gasteiger partial charge in [0.1, 0.15) is 5.75 Å². The van der Waals surface area contributed by atoms with Crippen LogP contribution in [0.4, 0.5) is 5.69 Å². The van der Waals surface area contributed by atoms with E-state index in [0.717, 1.165) is 11.4 Å². The number of aryl methyl sites for hydroxylation is 1. The summed E-state index contributed by atoms with van der Waals surface area (Å²) in [5, 5.41) is 0. The van der Waals surface area contributed by atoms with Gasteiger partial charge >= 0.3 is 0 Å². The van der Waals surface area contributed by atoms with Crippen LogP contribution in [0.5, 0.6) is 5.75 Å². The number of rotatable bonds is 4. The Bertz CT molecular complexity index is 325. The lowest BCUT2D eigenvalue weighted by Gasteiger charge is -2.27. The first kappa shape index (κ1) is 11.9. The number of methoxy groups -OCH3 is 1. The maximum atomic E-state index is 5.66. The minimum absolute atomic E-state index is 0.306. The Morgan fingerprint density at radius 1 is 1.47 bits per heavy atom. The predicted molar refractivity (Wildman–Crippen MR) is 64.7 cm³/mol. The van der Waals surface area contributed by atoms with Crippen LogP contribution in [0.25, 0.3) is 0 Å². The molecule has 1 aromatic rings. The van der Waals surface area contributed by atoms with Gasteiger partial charge in [-0.25, -0.2) is 0 Å². The Balaban J connectivity index is 3.05. The minimum atomic E-state index is 0.306. The van der Waals surface area contributed by atoms with Gasteiger partial charge in [0, 0.05) is 19.6 Å². The number of nitrogens with two attached hydrogens (primary N) is 1. The second kappa shape index (κ2) is 5.03. The Labute approximate surface area is 91.8 Å². The molecule has 2 N–H and O–H groups in total. The van der Waals surface area contributed by atoms with Gasteiger partial charge < -0.3 is 15.4 Å². The zero-order valence-corrected chi connectivity index (χ0v) is 9.95. The van der Waals surface area contributed by atoms with Crippen molar-refractivity contribution in [3.05, 3.63) is 23.8 Å². The van der Waals surface area contributed by atoms with Gasteiger partial charge in [-0.1, -0.05) is 6.07 Å². The Morgan fingerprint density at radius 3 is 2.67 bits per heavy atom. The van der Waals surface area contributed by atoms with Crippen LogP contribution < -0.4 is 15.4 Å². The molecule has 0 saturated carbocycles. The van der Waals surface area contributed by atoms with Gasteiger partial charge in [0.25, 0.3) is 0 Å². The molecular weight excluding hydrogens is 188 g/mol. The fourth-order valence-electron chi connectivity index (χ4n) is 1.47. The minimum Gasteiger partial charge on any atom is -0.495 e. The van der Waals surface area contributed by atoms with Crippen molar-refractivity contribution in [3.63, 3.8) is 0 Å². The monoisotopic (exact) mass is 208 g/mol. The van der Waals surface area contributed by atoms with Crippen LogP contribution in [0.15, 0.2) is 18.2 Å². The third-order valence-electron chi connectivity index (χ3n) is 2.72. The fraction of sp³-hybridized carbons (Fsp3) is 0.500. The van der Waals surface area contributed by atoms with E-state index >= 15 is 0 Å². The zero-order valence-electron chi connectivity index (χ0n) is 9.95. The molecule has 0 radical (unpaired) electrons. The molecule has 0 heterocycles.